The fourth-order valence-electron chi connectivity index (χ4n) is 2.37. The van der Waals surface area contributed by atoms with Crippen molar-refractivity contribution in [2.75, 3.05) is 7.11 Å². The first kappa shape index (κ1) is 14.1. The second kappa shape index (κ2) is 5.85. The lowest BCUT2D eigenvalue weighted by Gasteiger charge is -2.01. The number of hydrogen-bond acceptors (Lipinski definition) is 3. The molecule has 0 amide bonds. The molecule has 0 fully saturated rings. The molecule has 0 aliphatic heterocycles. The molecule has 1 N–H and O–H groups in total. The molecule has 0 atom stereocenters. The van der Waals surface area contributed by atoms with Crippen molar-refractivity contribution in [1.82, 2.24) is 5.10 Å². The van der Waals surface area contributed by atoms with Crippen molar-refractivity contribution < 1.29 is 14.5 Å². The zero-order valence-corrected chi connectivity index (χ0v) is 12.5. The second-order valence-corrected chi connectivity index (χ2v) is 5.02. The Balaban J connectivity index is 1.99. The third-order valence-electron chi connectivity index (χ3n) is 3.53. The fourth-order valence-corrected chi connectivity index (χ4v) is 2.37. The van der Waals surface area contributed by atoms with Crippen LogP contribution in [0.3, 0.4) is 0 Å². The van der Waals surface area contributed by atoms with Crippen molar-refractivity contribution in [2.24, 2.45) is 0 Å². The van der Waals surface area contributed by atoms with Gasteiger partial charge in [-0.15, -0.1) is 0 Å². The molecule has 0 unspecified atom stereocenters. The highest BCUT2D eigenvalue weighted by molar-refractivity contribution is 5.82. The van der Waals surface area contributed by atoms with Gasteiger partial charge in [-0.2, -0.15) is 0 Å². The van der Waals surface area contributed by atoms with Crippen molar-refractivity contribution >= 4 is 22.7 Å². The summed E-state index contributed by atoms with van der Waals surface area (Å²) in [6.07, 6.45) is 3.49. The van der Waals surface area contributed by atoms with Crippen molar-refractivity contribution in [3.63, 3.8) is 0 Å². The van der Waals surface area contributed by atoms with Crippen molar-refractivity contribution in [3.05, 3.63) is 66.0 Å². The number of hydrogen-bond donors (Lipinski definition) is 1. The number of fused-ring (bicyclic) bond motifs is 1. The first-order valence-electron chi connectivity index (χ1n) is 7.00. The van der Waals surface area contributed by atoms with Gasteiger partial charge < -0.3 is 9.84 Å². The van der Waals surface area contributed by atoms with Crippen LogP contribution >= 0.6 is 0 Å². The number of rotatable bonds is 3. The standard InChI is InChI=1S/C18H16N2O2/c1-13-17-6-4-3-5-15(17)11-20(19-13)12-18(21)14-7-9-16(22-2)10-8-14/h3-12H,1-2H3/p+1. The molecule has 0 aliphatic carbocycles. The minimum Gasteiger partial charge on any atom is -0.502 e. The van der Waals surface area contributed by atoms with E-state index in [2.05, 4.69) is 5.10 Å². The molecule has 3 rings (SSSR count). The van der Waals surface area contributed by atoms with E-state index in [1.165, 1.54) is 0 Å². The summed E-state index contributed by atoms with van der Waals surface area (Å²) >= 11 is 0. The van der Waals surface area contributed by atoms with Gasteiger partial charge in [0, 0.05) is 16.0 Å². The number of aliphatic hydroxyl groups is 1. The van der Waals surface area contributed by atoms with E-state index in [1.807, 2.05) is 49.5 Å². The van der Waals surface area contributed by atoms with E-state index in [9.17, 15) is 5.11 Å². The summed E-state index contributed by atoms with van der Waals surface area (Å²) in [5.74, 6) is 0.902. The summed E-state index contributed by atoms with van der Waals surface area (Å²) < 4.78 is 6.75. The Bertz CT molecular complexity index is 839. The van der Waals surface area contributed by atoms with E-state index in [1.54, 1.807) is 30.1 Å². The average molecular weight is 293 g/mol. The molecule has 110 valence electrons. The fraction of sp³-hybridized carbons (Fsp3) is 0.111. The number of benzene rings is 2. The average Bonchev–Trinajstić information content (AvgIpc) is 2.55. The Morgan fingerprint density at radius 2 is 1.86 bits per heavy atom. The normalized spacial score (nSPS) is 11.6. The third kappa shape index (κ3) is 2.76. The minimum atomic E-state index is 0.148. The molecule has 4 nitrogen and oxygen atoms in total. The van der Waals surface area contributed by atoms with Crippen LogP contribution in [0, 0.1) is 6.92 Å². The highest BCUT2D eigenvalue weighted by Crippen LogP contribution is 2.17. The molecule has 22 heavy (non-hydrogen) atoms. The summed E-state index contributed by atoms with van der Waals surface area (Å²) in [5.41, 5.74) is 1.62. The van der Waals surface area contributed by atoms with Crippen LogP contribution in [0.1, 0.15) is 11.3 Å². The predicted molar refractivity (Wildman–Crippen MR) is 86.5 cm³/mol. The number of nitrogens with zero attached hydrogens (tertiary/aromatic N) is 2. The van der Waals surface area contributed by atoms with Crippen LogP contribution in [0.5, 0.6) is 5.75 Å². The van der Waals surface area contributed by atoms with Crippen LogP contribution in [0.15, 0.2) is 54.7 Å². The van der Waals surface area contributed by atoms with E-state index >= 15 is 0 Å². The van der Waals surface area contributed by atoms with Gasteiger partial charge in [-0.1, -0.05) is 22.9 Å². The quantitative estimate of drug-likeness (QED) is 0.595. The second-order valence-electron chi connectivity index (χ2n) is 5.02. The Labute approximate surface area is 128 Å². The maximum absolute atomic E-state index is 10.3. The number of aliphatic hydroxyl groups excluding tert-OH is 1. The van der Waals surface area contributed by atoms with Crippen LogP contribution in [0.25, 0.3) is 22.7 Å². The van der Waals surface area contributed by atoms with Crippen molar-refractivity contribution in [3.8, 4) is 5.75 Å². The van der Waals surface area contributed by atoms with Crippen LogP contribution < -0.4 is 9.42 Å². The molecule has 0 radical (unpaired) electrons. The molecule has 0 saturated carbocycles. The SMILES string of the molecule is COc1ccc(/C(O)=C/[n+]2cc3ccccc3c(C)n2)cc1. The molecule has 1 aromatic heterocycles. The minimum absolute atomic E-state index is 0.148. The third-order valence-corrected chi connectivity index (χ3v) is 3.53. The van der Waals surface area contributed by atoms with E-state index < -0.39 is 0 Å². The Kier molecular flexibility index (Phi) is 3.74. The number of methoxy groups -OCH3 is 1. The van der Waals surface area contributed by atoms with Gasteiger partial charge in [-0.3, -0.25) is 0 Å². The smallest absolute Gasteiger partial charge is 0.244 e. The molecule has 2 aromatic carbocycles. The summed E-state index contributed by atoms with van der Waals surface area (Å²) in [4.78, 5) is 0. The Morgan fingerprint density at radius 3 is 2.59 bits per heavy atom. The highest BCUT2D eigenvalue weighted by Gasteiger charge is 2.10. The van der Waals surface area contributed by atoms with Gasteiger partial charge in [-0.25, -0.2) is 0 Å². The highest BCUT2D eigenvalue weighted by atomic mass is 16.5. The van der Waals surface area contributed by atoms with Crippen LogP contribution in [-0.4, -0.2) is 17.3 Å². The predicted octanol–water partition coefficient (Wildman–Crippen LogP) is 3.35. The van der Waals surface area contributed by atoms with Crippen LogP contribution in [0.4, 0.5) is 0 Å². The molecule has 4 heteroatoms. The maximum atomic E-state index is 10.3. The molecule has 0 aliphatic rings. The Hall–Kier alpha value is -2.88. The summed E-state index contributed by atoms with van der Waals surface area (Å²) in [7, 11) is 1.61. The molecule has 1 heterocycles. The number of aryl methyl sites for hydroxylation is 1. The monoisotopic (exact) mass is 293 g/mol. The topological polar surface area (TPSA) is 46.2 Å². The lowest BCUT2D eigenvalue weighted by molar-refractivity contribution is -0.633. The van der Waals surface area contributed by atoms with E-state index in [-0.39, 0.29) is 5.76 Å². The van der Waals surface area contributed by atoms with Gasteiger partial charge in [0.15, 0.2) is 5.76 Å². The van der Waals surface area contributed by atoms with Crippen LogP contribution in [0.2, 0.25) is 0 Å². The van der Waals surface area contributed by atoms with E-state index in [0.717, 1.165) is 22.2 Å². The van der Waals surface area contributed by atoms with Gasteiger partial charge in [0.25, 0.3) is 0 Å². The van der Waals surface area contributed by atoms with Gasteiger partial charge in [0.05, 0.1) is 12.5 Å². The maximum Gasteiger partial charge on any atom is 0.244 e. The molecule has 3 aromatic rings. The molecular formula is C18H17N2O2+. The summed E-state index contributed by atoms with van der Waals surface area (Å²) in [6, 6.07) is 15.3. The summed E-state index contributed by atoms with van der Waals surface area (Å²) in [5, 5.41) is 16.9. The molecular weight excluding hydrogens is 276 g/mol. The Morgan fingerprint density at radius 1 is 1.14 bits per heavy atom. The van der Waals surface area contributed by atoms with Crippen molar-refractivity contribution in [2.45, 2.75) is 6.92 Å². The number of aromatic nitrogens is 2. The lowest BCUT2D eigenvalue weighted by atomic mass is 10.1. The zero-order valence-electron chi connectivity index (χ0n) is 12.5. The first-order chi connectivity index (χ1) is 10.7. The van der Waals surface area contributed by atoms with Gasteiger partial charge in [0.1, 0.15) is 11.4 Å². The van der Waals surface area contributed by atoms with E-state index in [4.69, 9.17) is 4.74 Å². The van der Waals surface area contributed by atoms with Gasteiger partial charge in [0.2, 0.25) is 12.4 Å². The lowest BCUT2D eigenvalue weighted by Crippen LogP contribution is -2.31. The zero-order chi connectivity index (χ0) is 15.5. The molecule has 0 bridgehead atoms. The first-order valence-corrected chi connectivity index (χ1v) is 7.00. The largest absolute Gasteiger partial charge is 0.502 e. The van der Waals surface area contributed by atoms with Gasteiger partial charge in [-0.05, 0) is 37.3 Å². The van der Waals surface area contributed by atoms with E-state index in [0.29, 0.717) is 5.56 Å². The van der Waals surface area contributed by atoms with Gasteiger partial charge >= 0.3 is 0 Å². The number of ether oxygens (including phenoxy) is 1. The molecule has 0 spiro atoms. The van der Waals surface area contributed by atoms with Crippen LogP contribution in [-0.2, 0) is 0 Å². The molecule has 0 saturated heterocycles. The van der Waals surface area contributed by atoms with Crippen molar-refractivity contribution in [1.29, 1.82) is 0 Å². The summed E-state index contributed by atoms with van der Waals surface area (Å²) in [6.45, 7) is 1.96.